The van der Waals surface area contributed by atoms with E-state index in [0.717, 1.165) is 24.5 Å². The second-order valence-corrected chi connectivity index (χ2v) is 11.0. The number of nitrogens with zero attached hydrogens (tertiary/aromatic N) is 4. The van der Waals surface area contributed by atoms with Crippen LogP contribution in [0.3, 0.4) is 0 Å². The number of carbonyl (C=O) groups excluding carboxylic acids is 1. The first-order valence-corrected chi connectivity index (χ1v) is 13.3. The normalized spacial score (nSPS) is 17.3. The van der Waals surface area contributed by atoms with E-state index >= 15 is 0 Å². The molecule has 0 radical (unpaired) electrons. The molecule has 0 saturated carbocycles. The van der Waals surface area contributed by atoms with Crippen LogP contribution < -0.4 is 11.2 Å². The van der Waals surface area contributed by atoms with E-state index in [1.54, 1.807) is 25.0 Å². The third-order valence-corrected chi connectivity index (χ3v) is 8.67. The van der Waals surface area contributed by atoms with Gasteiger partial charge in [0.25, 0.3) is 5.56 Å². The van der Waals surface area contributed by atoms with Crippen molar-refractivity contribution in [1.82, 2.24) is 18.7 Å². The van der Waals surface area contributed by atoms with Crippen molar-refractivity contribution >= 4 is 38.7 Å². The number of esters is 1. The Morgan fingerprint density at radius 2 is 2.06 bits per heavy atom. The topological polar surface area (TPSA) is 88.1 Å². The number of rotatable bonds is 11. The zero-order valence-corrected chi connectivity index (χ0v) is 20.2. The molecular weight excluding hydrogens is 436 g/mol. The minimum absolute atomic E-state index is 0.132. The fraction of sp³-hybridized carbons (Fsp3) is 0.714. The number of aryl methyl sites for hydroxylation is 2. The van der Waals surface area contributed by atoms with Crippen LogP contribution in [0.2, 0.25) is 0 Å². The second kappa shape index (κ2) is 11.3. The Balaban J connectivity index is 1.38. The lowest BCUT2D eigenvalue weighted by Gasteiger charge is -2.14. The van der Waals surface area contributed by atoms with Crippen molar-refractivity contribution in [3.8, 4) is 0 Å². The van der Waals surface area contributed by atoms with Gasteiger partial charge >= 0.3 is 11.7 Å². The molecule has 10 heteroatoms. The molecule has 1 fully saturated rings. The lowest BCUT2D eigenvalue weighted by atomic mass is 10.1. The van der Waals surface area contributed by atoms with Crippen LogP contribution in [0.4, 0.5) is 0 Å². The second-order valence-electron chi connectivity index (χ2n) is 8.20. The van der Waals surface area contributed by atoms with Crippen LogP contribution in [-0.4, -0.2) is 41.8 Å². The van der Waals surface area contributed by atoms with Gasteiger partial charge < -0.3 is 9.30 Å². The van der Waals surface area contributed by atoms with Gasteiger partial charge in [-0.25, -0.2) is 9.78 Å². The summed E-state index contributed by atoms with van der Waals surface area (Å²) in [6.45, 7) is 2.24. The number of carbonyl (C=O) groups is 1. The maximum atomic E-state index is 12.7. The molecule has 0 aromatic carbocycles. The highest BCUT2D eigenvalue weighted by molar-refractivity contribution is 8.77. The van der Waals surface area contributed by atoms with E-state index < -0.39 is 0 Å². The summed E-state index contributed by atoms with van der Waals surface area (Å²) in [4.78, 5) is 41.4. The summed E-state index contributed by atoms with van der Waals surface area (Å²) in [5.41, 5.74) is 0.155. The summed E-state index contributed by atoms with van der Waals surface area (Å²) in [6, 6.07) is 0. The number of hydrogen-bond acceptors (Lipinski definition) is 7. The van der Waals surface area contributed by atoms with Gasteiger partial charge in [-0.2, -0.15) is 0 Å². The Hall–Kier alpha value is -1.68. The van der Waals surface area contributed by atoms with Gasteiger partial charge in [-0.05, 0) is 45.4 Å². The van der Waals surface area contributed by atoms with Gasteiger partial charge in [0.05, 0.1) is 12.4 Å². The molecule has 172 valence electrons. The first kappa shape index (κ1) is 24.0. The number of fused-ring (bicyclic) bond motifs is 1. The molecule has 3 heterocycles. The smallest absolute Gasteiger partial charge is 0.332 e. The number of hydrogen-bond donors (Lipinski definition) is 0. The highest BCUT2D eigenvalue weighted by Crippen LogP contribution is 2.39. The van der Waals surface area contributed by atoms with E-state index in [1.807, 2.05) is 28.5 Å². The van der Waals surface area contributed by atoms with E-state index in [1.165, 1.54) is 27.7 Å². The average Bonchev–Trinajstić information content (AvgIpc) is 3.38. The Morgan fingerprint density at radius 1 is 1.26 bits per heavy atom. The van der Waals surface area contributed by atoms with Gasteiger partial charge in [-0.1, -0.05) is 28.0 Å². The molecule has 2 atom stereocenters. The van der Waals surface area contributed by atoms with E-state index in [4.69, 9.17) is 4.74 Å². The molecule has 1 saturated heterocycles. The fourth-order valence-corrected chi connectivity index (χ4v) is 6.87. The number of aromatic nitrogens is 4. The van der Waals surface area contributed by atoms with Gasteiger partial charge in [0.2, 0.25) is 0 Å². The predicted molar refractivity (Wildman–Crippen MR) is 127 cm³/mol. The Kier molecular flexibility index (Phi) is 8.71. The zero-order valence-electron chi connectivity index (χ0n) is 18.5. The number of imidazole rings is 1. The predicted octanol–water partition coefficient (Wildman–Crippen LogP) is 3.25. The largest absolute Gasteiger partial charge is 0.463 e. The van der Waals surface area contributed by atoms with Crippen LogP contribution in [-0.2, 0) is 30.2 Å². The zero-order chi connectivity index (χ0) is 22.4. The summed E-state index contributed by atoms with van der Waals surface area (Å²) in [5, 5.41) is 0.753. The molecule has 2 aromatic heterocycles. The quantitative estimate of drug-likeness (QED) is 0.284. The van der Waals surface area contributed by atoms with E-state index in [-0.39, 0.29) is 23.3 Å². The van der Waals surface area contributed by atoms with E-state index in [0.29, 0.717) is 37.0 Å². The van der Waals surface area contributed by atoms with Gasteiger partial charge in [-0.15, -0.1) is 0 Å². The third kappa shape index (κ3) is 6.19. The van der Waals surface area contributed by atoms with Crippen molar-refractivity contribution in [2.24, 2.45) is 14.1 Å². The molecule has 0 spiro atoms. The molecule has 2 aromatic rings. The molecule has 0 aliphatic carbocycles. The summed E-state index contributed by atoms with van der Waals surface area (Å²) >= 11 is 0. The molecule has 0 N–H and O–H groups in total. The Labute approximate surface area is 190 Å². The van der Waals surface area contributed by atoms with Gasteiger partial charge in [0.1, 0.15) is 0 Å². The summed E-state index contributed by atoms with van der Waals surface area (Å²) in [6.07, 6.45) is 8.43. The van der Waals surface area contributed by atoms with Crippen LogP contribution in [0, 0.1) is 0 Å². The third-order valence-electron chi connectivity index (χ3n) is 5.66. The van der Waals surface area contributed by atoms with Crippen molar-refractivity contribution in [3.63, 3.8) is 0 Å². The molecule has 0 amide bonds. The van der Waals surface area contributed by atoms with Crippen molar-refractivity contribution in [2.75, 3.05) is 5.75 Å². The van der Waals surface area contributed by atoms with Gasteiger partial charge in [-0.3, -0.25) is 18.7 Å². The molecule has 1 aliphatic heterocycles. The van der Waals surface area contributed by atoms with Crippen molar-refractivity contribution in [3.05, 3.63) is 27.2 Å². The van der Waals surface area contributed by atoms with Crippen LogP contribution in [0.25, 0.3) is 11.2 Å². The molecule has 1 aliphatic rings. The van der Waals surface area contributed by atoms with Crippen molar-refractivity contribution < 1.29 is 9.53 Å². The van der Waals surface area contributed by atoms with Crippen LogP contribution in [0.15, 0.2) is 15.9 Å². The summed E-state index contributed by atoms with van der Waals surface area (Å²) in [5.74, 6) is 1.11. The lowest BCUT2D eigenvalue weighted by molar-refractivity contribution is -0.148. The lowest BCUT2D eigenvalue weighted by Crippen LogP contribution is -2.39. The van der Waals surface area contributed by atoms with Crippen molar-refractivity contribution in [1.29, 1.82) is 0 Å². The van der Waals surface area contributed by atoms with E-state index in [2.05, 4.69) is 4.98 Å². The highest BCUT2D eigenvalue weighted by Gasteiger charge is 2.17. The Morgan fingerprint density at radius 3 is 2.81 bits per heavy atom. The Bertz CT molecular complexity index is 1010. The van der Waals surface area contributed by atoms with Crippen molar-refractivity contribution in [2.45, 2.75) is 76.2 Å². The maximum Gasteiger partial charge on any atom is 0.332 e. The molecule has 2 unspecified atom stereocenters. The van der Waals surface area contributed by atoms with Gasteiger partial charge in [0.15, 0.2) is 11.2 Å². The SMILES string of the molecule is CC(CCCCn1c(=O)c2c(ncn2C)n(C)c1=O)OC(=O)CCCCC1CCSS1. The minimum Gasteiger partial charge on any atom is -0.463 e. The number of ether oxygens (including phenoxy) is 1. The monoisotopic (exact) mass is 468 g/mol. The highest BCUT2D eigenvalue weighted by atomic mass is 33.1. The van der Waals surface area contributed by atoms with Crippen LogP contribution >= 0.6 is 21.6 Å². The van der Waals surface area contributed by atoms with E-state index in [9.17, 15) is 14.4 Å². The summed E-state index contributed by atoms with van der Waals surface area (Å²) < 4.78 is 9.82. The first-order chi connectivity index (χ1) is 14.9. The number of unbranched alkanes of at least 4 members (excludes halogenated alkanes) is 2. The average molecular weight is 469 g/mol. The molecule has 8 nitrogen and oxygen atoms in total. The van der Waals surface area contributed by atoms with Gasteiger partial charge in [0, 0.05) is 38.1 Å². The molecular formula is C21H32N4O4S2. The molecule has 3 rings (SSSR count). The minimum atomic E-state index is -0.356. The standard InChI is InChI=1S/C21H32N4O4S2/c1-15(29-17(26)10-5-4-9-16-11-13-30-31-16)8-6-7-12-25-20(27)18-19(22-14-23(18)2)24(3)21(25)28/h14-16H,4-13H2,1-3H3. The fourth-order valence-electron chi connectivity index (χ4n) is 3.84. The molecule has 0 bridgehead atoms. The first-order valence-electron chi connectivity index (χ1n) is 11.0. The van der Waals surface area contributed by atoms with Crippen LogP contribution in [0.1, 0.15) is 58.3 Å². The summed E-state index contributed by atoms with van der Waals surface area (Å²) in [7, 11) is 7.30. The maximum absolute atomic E-state index is 12.7. The van der Waals surface area contributed by atoms with Crippen LogP contribution in [0.5, 0.6) is 0 Å². The molecule has 31 heavy (non-hydrogen) atoms.